The van der Waals surface area contributed by atoms with Crippen molar-refractivity contribution in [1.82, 2.24) is 10.9 Å². The molecule has 0 aliphatic heterocycles. The summed E-state index contributed by atoms with van der Waals surface area (Å²) in [5.74, 6) is 0.285. The lowest BCUT2D eigenvalue weighted by Gasteiger charge is -2.11. The highest BCUT2D eigenvalue weighted by Crippen LogP contribution is 2.11. The van der Waals surface area contributed by atoms with E-state index in [0.717, 1.165) is 12.1 Å². The smallest absolute Gasteiger partial charge is 0.276 e. The van der Waals surface area contributed by atoms with Crippen LogP contribution in [0.1, 0.15) is 25.8 Å². The molecule has 0 atom stereocenters. The minimum Gasteiger partial charge on any atom is -0.484 e. The molecule has 0 saturated carbocycles. The van der Waals surface area contributed by atoms with E-state index < -0.39 is 0 Å². The van der Waals surface area contributed by atoms with E-state index in [4.69, 9.17) is 10.00 Å². The van der Waals surface area contributed by atoms with Crippen molar-refractivity contribution >= 4 is 5.91 Å². The van der Waals surface area contributed by atoms with Crippen molar-refractivity contribution in [2.24, 2.45) is 0 Å². The topological polar surface area (TPSA) is 74.2 Å². The number of hydrogen-bond donors (Lipinski definition) is 2. The summed E-state index contributed by atoms with van der Waals surface area (Å²) in [7, 11) is 0. The van der Waals surface area contributed by atoms with E-state index in [1.807, 2.05) is 26.0 Å². The summed E-state index contributed by atoms with van der Waals surface area (Å²) >= 11 is 0. The summed E-state index contributed by atoms with van der Waals surface area (Å²) < 4.78 is 5.29. The fraction of sp³-hybridized carbons (Fsp3) is 0.286. The minimum absolute atomic E-state index is 0.0837. The van der Waals surface area contributed by atoms with Crippen molar-refractivity contribution in [3.05, 3.63) is 41.6 Å². The number of nitriles is 1. The maximum atomic E-state index is 11.5. The van der Waals surface area contributed by atoms with Crippen molar-refractivity contribution in [3.8, 4) is 11.8 Å². The molecule has 0 saturated heterocycles. The lowest BCUT2D eigenvalue weighted by atomic mass is 10.2. The number of carbonyl (C=O) groups excluding carboxylic acids is 1. The molecule has 5 heteroatoms. The average molecular weight is 259 g/mol. The summed E-state index contributed by atoms with van der Waals surface area (Å²) in [4.78, 5) is 11.5. The van der Waals surface area contributed by atoms with Gasteiger partial charge < -0.3 is 10.2 Å². The number of hydrogen-bond acceptors (Lipinski definition) is 4. The van der Waals surface area contributed by atoms with Crippen LogP contribution in [0.5, 0.6) is 5.75 Å². The molecule has 0 radical (unpaired) electrons. The first kappa shape index (κ1) is 14.6. The van der Waals surface area contributed by atoms with Crippen molar-refractivity contribution in [2.75, 3.05) is 6.61 Å². The van der Waals surface area contributed by atoms with Gasteiger partial charge in [0.05, 0.1) is 11.6 Å². The standard InChI is InChI=1S/C14H17N3O2/c1-3-12(4-2)16-17-14(18)10-19-13-7-5-11(9-15)6-8-13/h3,5-8,16H,4,10H2,1-2H3,(H,17,18)/b12-3-. The van der Waals surface area contributed by atoms with Crippen LogP contribution >= 0.6 is 0 Å². The normalized spacial score (nSPS) is 10.5. The highest BCUT2D eigenvalue weighted by Gasteiger charge is 2.02. The zero-order valence-corrected chi connectivity index (χ0v) is 11.1. The Hall–Kier alpha value is -2.48. The molecule has 1 rings (SSSR count). The predicted octanol–water partition coefficient (Wildman–Crippen LogP) is 1.87. The maximum absolute atomic E-state index is 11.5. The molecule has 1 amide bonds. The molecular weight excluding hydrogens is 242 g/mol. The molecule has 2 N–H and O–H groups in total. The minimum atomic E-state index is -0.267. The Morgan fingerprint density at radius 2 is 2.05 bits per heavy atom. The fourth-order valence-electron chi connectivity index (χ4n) is 1.33. The number of allylic oxidation sites excluding steroid dienone is 2. The molecule has 100 valence electrons. The third kappa shape index (κ3) is 5.13. The van der Waals surface area contributed by atoms with Gasteiger partial charge in [-0.2, -0.15) is 5.26 Å². The molecule has 0 aliphatic rings. The molecule has 0 fully saturated rings. The molecule has 0 heterocycles. The molecule has 5 nitrogen and oxygen atoms in total. The van der Waals surface area contributed by atoms with Crippen LogP contribution in [-0.4, -0.2) is 12.5 Å². The van der Waals surface area contributed by atoms with E-state index in [1.54, 1.807) is 24.3 Å². The van der Waals surface area contributed by atoms with Gasteiger partial charge in [-0.15, -0.1) is 0 Å². The zero-order chi connectivity index (χ0) is 14.1. The Morgan fingerprint density at radius 1 is 1.37 bits per heavy atom. The van der Waals surface area contributed by atoms with Gasteiger partial charge in [-0.25, -0.2) is 0 Å². The Labute approximate surface area is 112 Å². The molecule has 0 aliphatic carbocycles. The highest BCUT2D eigenvalue weighted by molar-refractivity contribution is 5.77. The van der Waals surface area contributed by atoms with Crippen molar-refractivity contribution < 1.29 is 9.53 Å². The highest BCUT2D eigenvalue weighted by atomic mass is 16.5. The number of rotatable bonds is 6. The van der Waals surface area contributed by atoms with Gasteiger partial charge >= 0.3 is 0 Å². The van der Waals surface area contributed by atoms with Crippen molar-refractivity contribution in [3.63, 3.8) is 0 Å². The lowest BCUT2D eigenvalue weighted by molar-refractivity contribution is -0.123. The van der Waals surface area contributed by atoms with Crippen LogP contribution in [0.2, 0.25) is 0 Å². The first-order chi connectivity index (χ1) is 9.19. The molecule has 19 heavy (non-hydrogen) atoms. The van der Waals surface area contributed by atoms with Crippen LogP contribution < -0.4 is 15.6 Å². The second-order valence-electron chi connectivity index (χ2n) is 3.77. The summed E-state index contributed by atoms with van der Waals surface area (Å²) in [6, 6.07) is 8.60. The van der Waals surface area contributed by atoms with Gasteiger partial charge in [0.25, 0.3) is 5.91 Å². The lowest BCUT2D eigenvalue weighted by Crippen LogP contribution is -2.39. The first-order valence-corrected chi connectivity index (χ1v) is 6.02. The molecule has 0 bridgehead atoms. The van der Waals surface area contributed by atoms with E-state index >= 15 is 0 Å². The van der Waals surface area contributed by atoms with Crippen LogP contribution in [0.15, 0.2) is 36.0 Å². The van der Waals surface area contributed by atoms with E-state index in [-0.39, 0.29) is 12.5 Å². The molecular formula is C14H17N3O2. The Bertz CT molecular complexity index is 486. The second-order valence-corrected chi connectivity index (χ2v) is 3.77. The Balaban J connectivity index is 2.35. The largest absolute Gasteiger partial charge is 0.484 e. The monoisotopic (exact) mass is 259 g/mol. The van der Waals surface area contributed by atoms with Crippen LogP contribution in [0, 0.1) is 11.3 Å². The summed E-state index contributed by atoms with van der Waals surface area (Å²) in [6.07, 6.45) is 2.70. The number of carbonyl (C=O) groups is 1. The van der Waals surface area contributed by atoms with Gasteiger partial charge in [-0.3, -0.25) is 10.2 Å². The Kier molecular flexibility index (Phi) is 5.96. The van der Waals surface area contributed by atoms with Gasteiger partial charge in [-0.05, 0) is 37.6 Å². The number of hydrazine groups is 1. The Morgan fingerprint density at radius 3 is 2.58 bits per heavy atom. The van der Waals surface area contributed by atoms with E-state index in [2.05, 4.69) is 10.9 Å². The summed E-state index contributed by atoms with van der Waals surface area (Å²) in [5.41, 5.74) is 6.85. The van der Waals surface area contributed by atoms with E-state index in [9.17, 15) is 4.79 Å². The van der Waals surface area contributed by atoms with Gasteiger partial charge in [0.15, 0.2) is 6.61 Å². The number of amides is 1. The molecule has 0 aromatic heterocycles. The zero-order valence-electron chi connectivity index (χ0n) is 11.1. The summed E-state index contributed by atoms with van der Waals surface area (Å²) in [6.45, 7) is 3.80. The third-order valence-corrected chi connectivity index (χ3v) is 2.45. The van der Waals surface area contributed by atoms with E-state index in [0.29, 0.717) is 11.3 Å². The fourth-order valence-corrected chi connectivity index (χ4v) is 1.33. The molecule has 0 unspecified atom stereocenters. The number of ether oxygens (including phenoxy) is 1. The second kappa shape index (κ2) is 7.77. The maximum Gasteiger partial charge on any atom is 0.276 e. The first-order valence-electron chi connectivity index (χ1n) is 6.02. The van der Waals surface area contributed by atoms with Gasteiger partial charge in [0.1, 0.15) is 5.75 Å². The van der Waals surface area contributed by atoms with Gasteiger partial charge in [0, 0.05) is 5.70 Å². The van der Waals surface area contributed by atoms with Crippen molar-refractivity contribution in [2.45, 2.75) is 20.3 Å². The van der Waals surface area contributed by atoms with Crippen LogP contribution in [0.25, 0.3) is 0 Å². The third-order valence-electron chi connectivity index (χ3n) is 2.45. The molecule has 1 aromatic rings. The summed E-state index contributed by atoms with van der Waals surface area (Å²) in [5, 5.41) is 8.65. The van der Waals surface area contributed by atoms with Crippen LogP contribution in [0.4, 0.5) is 0 Å². The van der Waals surface area contributed by atoms with Gasteiger partial charge in [-0.1, -0.05) is 13.0 Å². The van der Waals surface area contributed by atoms with Crippen LogP contribution in [0.3, 0.4) is 0 Å². The number of nitrogens with one attached hydrogen (secondary N) is 2. The number of benzene rings is 1. The predicted molar refractivity (Wildman–Crippen MR) is 72.0 cm³/mol. The SMILES string of the molecule is C/C=C(/CC)NNC(=O)COc1ccc(C#N)cc1. The quantitative estimate of drug-likeness (QED) is 0.765. The average Bonchev–Trinajstić information content (AvgIpc) is 2.46. The molecule has 0 spiro atoms. The van der Waals surface area contributed by atoms with Gasteiger partial charge in [0.2, 0.25) is 0 Å². The number of nitrogens with zero attached hydrogens (tertiary/aromatic N) is 1. The van der Waals surface area contributed by atoms with Crippen LogP contribution in [-0.2, 0) is 4.79 Å². The van der Waals surface area contributed by atoms with E-state index in [1.165, 1.54) is 0 Å². The molecule has 1 aromatic carbocycles. The van der Waals surface area contributed by atoms with Crippen molar-refractivity contribution in [1.29, 1.82) is 5.26 Å².